The van der Waals surface area contributed by atoms with Crippen LogP contribution in [0.1, 0.15) is 55.3 Å². The molecular formula is C20H28N2O4. The monoisotopic (exact) mass is 368 g/mol. The molecule has 0 spiro atoms. The number of amides is 2. The molecule has 2 N–H and O–H groups in total. The molecule has 0 saturated heterocycles. The van der Waals surface area contributed by atoms with E-state index in [2.05, 4.69) is 5.32 Å². The van der Waals surface area contributed by atoms with Crippen LogP contribution in [0.25, 0.3) is 0 Å². The van der Waals surface area contributed by atoms with Crippen molar-refractivity contribution in [1.29, 1.82) is 0 Å². The number of ketones is 1. The van der Waals surface area contributed by atoms with Crippen LogP contribution in [0.4, 0.5) is 0 Å². The Balaban J connectivity index is 2.62. The summed E-state index contributed by atoms with van der Waals surface area (Å²) in [6.07, 6.45) is -4.73. The summed E-state index contributed by atoms with van der Waals surface area (Å²) in [4.78, 5) is 38.7. The topological polar surface area (TPSA) is 86.7 Å². The van der Waals surface area contributed by atoms with Crippen molar-refractivity contribution in [3.8, 4) is 0 Å². The number of nitrogens with one attached hydrogen (secondary N) is 1. The van der Waals surface area contributed by atoms with E-state index in [0.717, 1.165) is 7.05 Å². The van der Waals surface area contributed by atoms with E-state index in [1.165, 1.54) is 6.92 Å². The molecule has 0 aromatic heterocycles. The molecule has 0 bridgehead atoms. The Morgan fingerprint density at radius 2 is 2.04 bits per heavy atom. The molecule has 26 heavy (non-hydrogen) atoms. The van der Waals surface area contributed by atoms with Crippen LogP contribution in [0.5, 0.6) is 0 Å². The number of carbonyl (C=O) groups is 3. The van der Waals surface area contributed by atoms with Gasteiger partial charge in [-0.1, -0.05) is 44.9 Å². The van der Waals surface area contributed by atoms with Crippen molar-refractivity contribution in [2.75, 3.05) is 13.5 Å². The third-order valence-corrected chi connectivity index (χ3v) is 4.13. The number of benzene rings is 1. The van der Waals surface area contributed by atoms with Crippen molar-refractivity contribution in [2.24, 2.45) is 11.8 Å². The summed E-state index contributed by atoms with van der Waals surface area (Å²) in [5, 5.41) is 12.2. The Bertz CT molecular complexity index is 1030. The zero-order valence-electron chi connectivity index (χ0n) is 23.1. The second kappa shape index (κ2) is 8.45. The normalized spacial score (nSPS) is 27.8. The lowest BCUT2D eigenvalue weighted by atomic mass is 9.94. The Morgan fingerprint density at radius 1 is 1.38 bits per heavy atom. The minimum absolute atomic E-state index is 0.372. The highest BCUT2D eigenvalue weighted by Gasteiger charge is 2.32. The Kier molecular flexibility index (Phi) is 3.73. The molecule has 6 nitrogen and oxygen atoms in total. The minimum atomic E-state index is -3.06. The summed E-state index contributed by atoms with van der Waals surface area (Å²) in [7, 11) is 0.966. The second-order valence-electron chi connectivity index (χ2n) is 6.62. The summed E-state index contributed by atoms with van der Waals surface area (Å²) < 4.78 is 65.5. The number of aliphatic hydroxyl groups excluding tert-OH is 1. The van der Waals surface area contributed by atoms with E-state index in [1.54, 1.807) is 13.8 Å². The van der Waals surface area contributed by atoms with Crippen LogP contribution < -0.4 is 5.32 Å². The van der Waals surface area contributed by atoms with Crippen molar-refractivity contribution >= 4 is 17.6 Å². The maximum atomic E-state index is 13.2. The maximum absolute atomic E-state index is 13.2. The van der Waals surface area contributed by atoms with Crippen LogP contribution in [0, 0.1) is 11.8 Å². The van der Waals surface area contributed by atoms with E-state index < -0.39 is 83.8 Å². The Hall–Kier alpha value is -2.21. The van der Waals surface area contributed by atoms with Gasteiger partial charge < -0.3 is 15.3 Å². The number of carbonyl (C=O) groups excluding carboxylic acids is 3. The number of likely N-dealkylation sites (N-methyl/N-ethyl adjacent to an activating group) is 1. The highest BCUT2D eigenvalue weighted by Crippen LogP contribution is 2.25. The molecule has 2 rings (SSSR count). The lowest BCUT2D eigenvalue weighted by molar-refractivity contribution is -0.137. The molecule has 1 heterocycles. The van der Waals surface area contributed by atoms with Crippen molar-refractivity contribution in [2.45, 2.75) is 45.7 Å². The fourth-order valence-corrected chi connectivity index (χ4v) is 2.45. The van der Waals surface area contributed by atoms with Crippen LogP contribution in [0.15, 0.2) is 24.2 Å². The van der Waals surface area contributed by atoms with E-state index in [1.807, 2.05) is 0 Å². The molecular weight excluding hydrogens is 332 g/mol. The first-order valence-corrected chi connectivity index (χ1v) is 8.29. The van der Waals surface area contributed by atoms with Gasteiger partial charge in [-0.25, -0.2) is 0 Å². The number of Topliss-reactive ketones (excluding diaryl/α,β-unsaturated/α-hetero) is 1. The fraction of sp³-hybridized carbons (Fsp3) is 0.550. The largest absolute Gasteiger partial charge is 0.385 e. The van der Waals surface area contributed by atoms with Crippen molar-refractivity contribution < 1.29 is 30.5 Å². The molecule has 0 aliphatic carbocycles. The maximum Gasteiger partial charge on any atom is 0.249 e. The van der Waals surface area contributed by atoms with E-state index in [4.69, 9.17) is 11.0 Å². The molecule has 2 amide bonds. The highest BCUT2D eigenvalue weighted by molar-refractivity contribution is 5.92. The van der Waals surface area contributed by atoms with Gasteiger partial charge in [0, 0.05) is 31.4 Å². The van der Waals surface area contributed by atoms with Crippen LogP contribution in [-0.4, -0.2) is 47.3 Å². The van der Waals surface area contributed by atoms with E-state index in [9.17, 15) is 19.5 Å². The van der Waals surface area contributed by atoms with Gasteiger partial charge in [0.1, 0.15) is 12.1 Å². The van der Waals surface area contributed by atoms with Crippen LogP contribution >= 0.6 is 0 Å². The van der Waals surface area contributed by atoms with Crippen molar-refractivity contribution in [1.82, 2.24) is 10.2 Å². The van der Waals surface area contributed by atoms with Crippen LogP contribution in [-0.2, 0) is 20.8 Å². The molecule has 0 saturated carbocycles. The molecule has 142 valence electrons. The molecule has 1 aromatic rings. The van der Waals surface area contributed by atoms with E-state index in [0.29, 0.717) is 4.90 Å². The summed E-state index contributed by atoms with van der Waals surface area (Å²) in [6, 6.07) is -5.08. The standard InChI is InChI=1S/C20H28N2O4/c1-12(2)18(24)16(23)11-13(3)19(25)21-17-15-8-6-5-7-14(15)9-10-22(4)20(17)26/h5-8,12-13,17-18,24H,9-11H2,1-4H3,(H,21,25)/t13-,17+,18+/m1/s1/i5D,6D,7D,8D,9D2,10D2. The van der Waals surface area contributed by atoms with Gasteiger partial charge in [0.15, 0.2) is 5.78 Å². The first kappa shape index (κ1) is 11.5. The molecule has 3 atom stereocenters. The molecule has 1 aromatic carbocycles. The summed E-state index contributed by atoms with van der Waals surface area (Å²) in [5.41, 5.74) is -1.35. The van der Waals surface area contributed by atoms with Gasteiger partial charge in [0.2, 0.25) is 11.8 Å². The Labute approximate surface area is 165 Å². The molecule has 1 aliphatic rings. The number of fused-ring (bicyclic) bond motifs is 1. The van der Waals surface area contributed by atoms with Gasteiger partial charge in [-0.2, -0.15) is 0 Å². The first-order chi connectivity index (χ1) is 15.4. The van der Waals surface area contributed by atoms with Gasteiger partial charge in [0.05, 0.1) is 5.48 Å². The lowest BCUT2D eigenvalue weighted by Crippen LogP contribution is -2.43. The Morgan fingerprint density at radius 3 is 2.69 bits per heavy atom. The summed E-state index contributed by atoms with van der Waals surface area (Å²) in [5.74, 6) is -4.02. The molecule has 1 aliphatic heterocycles. The SMILES string of the molecule is [2H]c1c([2H])c([2H])c2c(c1[2H])[C@H](NC(=O)[C@H](C)CC(=O)[C@@H](O)C(C)C)C(=O)N(C)C([2H])([2H])C2([2H])[2H]. The van der Waals surface area contributed by atoms with E-state index in [-0.39, 0.29) is 12.3 Å². The summed E-state index contributed by atoms with van der Waals surface area (Å²) >= 11 is 0. The van der Waals surface area contributed by atoms with Crippen molar-refractivity contribution in [3.05, 3.63) is 35.3 Å². The average Bonchev–Trinajstić information content (AvgIpc) is 2.79. The quantitative estimate of drug-likeness (QED) is 0.796. The zero-order valence-corrected chi connectivity index (χ0v) is 15.1. The number of aliphatic hydroxyl groups is 1. The highest BCUT2D eigenvalue weighted by atomic mass is 16.3. The third kappa shape index (κ3) is 4.49. The molecule has 0 unspecified atom stereocenters. The zero-order chi connectivity index (χ0) is 26.5. The van der Waals surface area contributed by atoms with Gasteiger partial charge in [-0.15, -0.1) is 0 Å². The van der Waals surface area contributed by atoms with Gasteiger partial charge in [-0.05, 0) is 23.4 Å². The average molecular weight is 369 g/mol. The molecule has 0 radical (unpaired) electrons. The third-order valence-electron chi connectivity index (χ3n) is 4.13. The van der Waals surface area contributed by atoms with Gasteiger partial charge in [0.25, 0.3) is 0 Å². The van der Waals surface area contributed by atoms with Crippen LogP contribution in [0.2, 0.25) is 0 Å². The molecule has 0 fully saturated rings. The number of rotatable bonds is 6. The number of hydrogen-bond acceptors (Lipinski definition) is 4. The van der Waals surface area contributed by atoms with Crippen LogP contribution in [0.3, 0.4) is 0 Å². The fourth-order valence-electron chi connectivity index (χ4n) is 2.45. The second-order valence-corrected chi connectivity index (χ2v) is 6.62. The van der Waals surface area contributed by atoms with Gasteiger partial charge in [-0.3, -0.25) is 14.4 Å². The van der Waals surface area contributed by atoms with Gasteiger partial charge >= 0.3 is 0 Å². The predicted octanol–water partition coefficient (Wildman–Crippen LogP) is 1.47. The smallest absolute Gasteiger partial charge is 0.249 e. The predicted molar refractivity (Wildman–Crippen MR) is 98.3 cm³/mol. The van der Waals surface area contributed by atoms with E-state index >= 15 is 0 Å². The number of nitrogens with zero attached hydrogens (tertiary/aromatic N) is 1. The summed E-state index contributed by atoms with van der Waals surface area (Å²) in [6.45, 7) is 1.59. The minimum Gasteiger partial charge on any atom is -0.385 e. The number of hydrogen-bond donors (Lipinski definition) is 2. The molecule has 6 heteroatoms. The lowest BCUT2D eigenvalue weighted by Gasteiger charge is -2.24. The first-order valence-electron chi connectivity index (χ1n) is 12.3. The van der Waals surface area contributed by atoms with Crippen molar-refractivity contribution in [3.63, 3.8) is 0 Å².